The Hall–Kier alpha value is -2.08. The zero-order valence-corrected chi connectivity index (χ0v) is 12.2. The number of allylic oxidation sites excluding steroid dienone is 7. The molecule has 0 fully saturated rings. The SMILES string of the molecule is C=C/C=C(C(=C)c1ccccc1)\C(C)=C(/C)C(=C)C. The van der Waals surface area contributed by atoms with Gasteiger partial charge in [0.15, 0.2) is 0 Å². The molecule has 1 rings (SSSR count). The molecule has 1 aromatic rings. The summed E-state index contributed by atoms with van der Waals surface area (Å²) in [5.41, 5.74) is 6.73. The molecule has 0 atom stereocenters. The average Bonchev–Trinajstić information content (AvgIpc) is 2.43. The topological polar surface area (TPSA) is 0 Å². The standard InChI is InChI=1S/C19H22/c1-7-11-19(16(5)15(4)14(2)3)17(6)18-12-9-8-10-13-18/h7-13H,1-2,6H2,3-5H3/b16-15+,19-11+. The minimum absolute atomic E-state index is 1.01. The van der Waals surface area contributed by atoms with E-state index in [1.54, 1.807) is 6.08 Å². The van der Waals surface area contributed by atoms with Gasteiger partial charge in [-0.1, -0.05) is 67.8 Å². The highest BCUT2D eigenvalue weighted by molar-refractivity contribution is 5.82. The molecule has 0 spiro atoms. The Bertz CT molecular complexity index is 551. The molecule has 0 heteroatoms. The monoisotopic (exact) mass is 250 g/mol. The molecule has 0 unspecified atom stereocenters. The summed E-state index contributed by atoms with van der Waals surface area (Å²) in [5.74, 6) is 0. The normalized spacial score (nSPS) is 12.7. The van der Waals surface area contributed by atoms with E-state index >= 15 is 0 Å². The van der Waals surface area contributed by atoms with E-state index in [2.05, 4.69) is 45.7 Å². The van der Waals surface area contributed by atoms with Crippen LogP contribution in [0.3, 0.4) is 0 Å². The van der Waals surface area contributed by atoms with Crippen molar-refractivity contribution in [3.05, 3.63) is 90.1 Å². The number of hydrogen-bond acceptors (Lipinski definition) is 0. The maximum atomic E-state index is 4.23. The van der Waals surface area contributed by atoms with E-state index in [0.29, 0.717) is 0 Å². The molecule has 0 bridgehead atoms. The Balaban J connectivity index is 3.28. The van der Waals surface area contributed by atoms with Gasteiger partial charge >= 0.3 is 0 Å². The van der Waals surface area contributed by atoms with Crippen molar-refractivity contribution >= 4 is 5.57 Å². The Morgan fingerprint density at radius 3 is 2.00 bits per heavy atom. The van der Waals surface area contributed by atoms with Crippen molar-refractivity contribution in [2.24, 2.45) is 0 Å². The molecular formula is C19H22. The van der Waals surface area contributed by atoms with Crippen LogP contribution in [-0.4, -0.2) is 0 Å². The molecule has 0 radical (unpaired) electrons. The van der Waals surface area contributed by atoms with Crippen molar-refractivity contribution in [3.8, 4) is 0 Å². The first kappa shape index (κ1) is 15.0. The van der Waals surface area contributed by atoms with Gasteiger partial charge in [-0.2, -0.15) is 0 Å². The molecule has 0 heterocycles. The first-order valence-corrected chi connectivity index (χ1v) is 6.40. The highest BCUT2D eigenvalue weighted by Crippen LogP contribution is 2.30. The molecule has 0 N–H and O–H groups in total. The maximum Gasteiger partial charge on any atom is -0.0152 e. The molecule has 0 aliphatic rings. The highest BCUT2D eigenvalue weighted by Gasteiger charge is 2.09. The number of hydrogen-bond donors (Lipinski definition) is 0. The third-order valence-corrected chi connectivity index (χ3v) is 3.34. The first-order valence-electron chi connectivity index (χ1n) is 6.40. The molecule has 1 aromatic carbocycles. The van der Waals surface area contributed by atoms with Crippen LogP contribution in [0.4, 0.5) is 0 Å². The van der Waals surface area contributed by atoms with Gasteiger partial charge in [-0.05, 0) is 48.6 Å². The van der Waals surface area contributed by atoms with Crippen LogP contribution >= 0.6 is 0 Å². The molecule has 0 saturated carbocycles. The smallest absolute Gasteiger partial charge is 0.0152 e. The second-order valence-corrected chi connectivity index (χ2v) is 4.69. The van der Waals surface area contributed by atoms with Crippen LogP contribution in [0.25, 0.3) is 5.57 Å². The summed E-state index contributed by atoms with van der Waals surface area (Å²) < 4.78 is 0. The molecule has 0 nitrogen and oxygen atoms in total. The zero-order chi connectivity index (χ0) is 14.4. The van der Waals surface area contributed by atoms with E-state index in [0.717, 1.165) is 22.3 Å². The summed E-state index contributed by atoms with van der Waals surface area (Å²) in [4.78, 5) is 0. The van der Waals surface area contributed by atoms with E-state index in [1.807, 2.05) is 31.2 Å². The predicted molar refractivity (Wildman–Crippen MR) is 86.9 cm³/mol. The van der Waals surface area contributed by atoms with E-state index < -0.39 is 0 Å². The van der Waals surface area contributed by atoms with Crippen molar-refractivity contribution in [2.75, 3.05) is 0 Å². The molecular weight excluding hydrogens is 228 g/mol. The second kappa shape index (κ2) is 6.75. The van der Waals surface area contributed by atoms with E-state index in [-0.39, 0.29) is 0 Å². The Morgan fingerprint density at radius 1 is 0.947 bits per heavy atom. The molecule has 19 heavy (non-hydrogen) atoms. The molecule has 0 aliphatic carbocycles. The van der Waals surface area contributed by atoms with Crippen LogP contribution in [0, 0.1) is 0 Å². The Kier molecular flexibility index (Phi) is 5.32. The Morgan fingerprint density at radius 2 is 1.53 bits per heavy atom. The van der Waals surface area contributed by atoms with E-state index in [4.69, 9.17) is 0 Å². The molecule has 0 saturated heterocycles. The summed E-state index contributed by atoms with van der Waals surface area (Å²) in [7, 11) is 0. The lowest BCUT2D eigenvalue weighted by atomic mass is 9.90. The van der Waals surface area contributed by atoms with Crippen molar-refractivity contribution in [2.45, 2.75) is 20.8 Å². The van der Waals surface area contributed by atoms with E-state index in [9.17, 15) is 0 Å². The fourth-order valence-electron chi connectivity index (χ4n) is 1.89. The van der Waals surface area contributed by atoms with Gasteiger partial charge in [0.2, 0.25) is 0 Å². The van der Waals surface area contributed by atoms with Crippen molar-refractivity contribution in [1.82, 2.24) is 0 Å². The minimum Gasteiger partial charge on any atom is -0.0990 e. The minimum atomic E-state index is 1.01. The van der Waals surface area contributed by atoms with Crippen LogP contribution in [-0.2, 0) is 0 Å². The zero-order valence-electron chi connectivity index (χ0n) is 12.2. The van der Waals surface area contributed by atoms with Gasteiger partial charge in [0.05, 0.1) is 0 Å². The average molecular weight is 250 g/mol. The number of rotatable bonds is 5. The summed E-state index contributed by atoms with van der Waals surface area (Å²) in [5, 5.41) is 0. The lowest BCUT2D eigenvalue weighted by Gasteiger charge is -2.15. The van der Waals surface area contributed by atoms with Gasteiger partial charge in [-0.15, -0.1) is 0 Å². The Labute approximate surface area is 117 Å². The van der Waals surface area contributed by atoms with Gasteiger partial charge in [0.25, 0.3) is 0 Å². The van der Waals surface area contributed by atoms with Gasteiger partial charge in [-0.25, -0.2) is 0 Å². The van der Waals surface area contributed by atoms with Crippen LogP contribution in [0.15, 0.2) is 84.5 Å². The summed E-state index contributed by atoms with van der Waals surface area (Å²) in [6.45, 7) is 18.3. The summed E-state index contributed by atoms with van der Waals surface area (Å²) >= 11 is 0. The van der Waals surface area contributed by atoms with Crippen LogP contribution in [0.2, 0.25) is 0 Å². The lowest BCUT2D eigenvalue weighted by Crippen LogP contribution is -1.94. The highest BCUT2D eigenvalue weighted by atomic mass is 14.1. The van der Waals surface area contributed by atoms with Crippen LogP contribution < -0.4 is 0 Å². The van der Waals surface area contributed by atoms with Gasteiger partial charge in [0, 0.05) is 0 Å². The van der Waals surface area contributed by atoms with Crippen molar-refractivity contribution in [3.63, 3.8) is 0 Å². The summed E-state index contributed by atoms with van der Waals surface area (Å²) in [6.07, 6.45) is 3.82. The third-order valence-electron chi connectivity index (χ3n) is 3.34. The quantitative estimate of drug-likeness (QED) is 0.586. The van der Waals surface area contributed by atoms with Gasteiger partial charge < -0.3 is 0 Å². The van der Waals surface area contributed by atoms with Crippen molar-refractivity contribution < 1.29 is 0 Å². The van der Waals surface area contributed by atoms with E-state index in [1.165, 1.54) is 11.1 Å². The largest absolute Gasteiger partial charge is 0.0990 e. The van der Waals surface area contributed by atoms with Gasteiger partial charge in [-0.3, -0.25) is 0 Å². The maximum absolute atomic E-state index is 4.23. The predicted octanol–water partition coefficient (Wildman–Crippen LogP) is 5.72. The lowest BCUT2D eigenvalue weighted by molar-refractivity contribution is 1.26. The van der Waals surface area contributed by atoms with Crippen LogP contribution in [0.5, 0.6) is 0 Å². The molecule has 98 valence electrons. The number of benzene rings is 1. The van der Waals surface area contributed by atoms with Crippen LogP contribution in [0.1, 0.15) is 26.3 Å². The fourth-order valence-corrected chi connectivity index (χ4v) is 1.89. The molecule has 0 amide bonds. The van der Waals surface area contributed by atoms with Crippen molar-refractivity contribution in [1.29, 1.82) is 0 Å². The van der Waals surface area contributed by atoms with Gasteiger partial charge in [0.1, 0.15) is 0 Å². The summed E-state index contributed by atoms with van der Waals surface area (Å²) in [6, 6.07) is 10.2. The molecule has 0 aliphatic heterocycles. The third kappa shape index (κ3) is 3.69. The fraction of sp³-hybridized carbons (Fsp3) is 0.158. The first-order chi connectivity index (χ1) is 8.99. The second-order valence-electron chi connectivity index (χ2n) is 4.69. The molecule has 0 aromatic heterocycles.